The molecule has 0 radical (unpaired) electrons. The molecule has 0 aliphatic carbocycles. The van der Waals surface area contributed by atoms with E-state index >= 15 is 4.39 Å². The minimum absolute atomic E-state index is 0.0320. The predicted octanol–water partition coefficient (Wildman–Crippen LogP) is 6.55. The lowest BCUT2D eigenvalue weighted by Crippen LogP contribution is -2.29. The summed E-state index contributed by atoms with van der Waals surface area (Å²) in [5.74, 6) is -1.66. The fourth-order valence-corrected chi connectivity index (χ4v) is 4.80. The van der Waals surface area contributed by atoms with Crippen LogP contribution in [-0.4, -0.2) is 27.6 Å². The van der Waals surface area contributed by atoms with E-state index in [9.17, 15) is 18.8 Å². The number of carbonyl (C=O) groups is 3. The highest BCUT2D eigenvalue weighted by Crippen LogP contribution is 2.28. The van der Waals surface area contributed by atoms with Gasteiger partial charge in [0.2, 0.25) is 5.88 Å². The van der Waals surface area contributed by atoms with E-state index in [1.807, 2.05) is 0 Å². The molecule has 0 spiro atoms. The first-order valence-electron chi connectivity index (χ1n) is 13.4. The second kappa shape index (κ2) is 11.7. The molecule has 43 heavy (non-hydrogen) atoms. The summed E-state index contributed by atoms with van der Waals surface area (Å²) in [5.41, 5.74) is 3.17. The zero-order valence-electron chi connectivity index (χ0n) is 22.6. The lowest BCUT2D eigenvalue weighted by Gasteiger charge is -2.15. The van der Waals surface area contributed by atoms with Gasteiger partial charge in [-0.15, -0.1) is 0 Å². The summed E-state index contributed by atoms with van der Waals surface area (Å²) < 4.78 is 34.0. The Labute approximate surface area is 245 Å². The molecular weight excluding hydrogens is 552 g/mol. The molecule has 0 bridgehead atoms. The molecule has 6 rings (SSSR count). The number of fused-ring (bicyclic) bond motifs is 1. The summed E-state index contributed by atoms with van der Waals surface area (Å²) in [6.45, 7) is 0.168. The van der Waals surface area contributed by atoms with Gasteiger partial charge in [-0.2, -0.15) is 0 Å². The van der Waals surface area contributed by atoms with Crippen LogP contribution in [0.1, 0.15) is 42.2 Å². The molecule has 1 aliphatic heterocycles. The van der Waals surface area contributed by atoms with Crippen molar-refractivity contribution in [1.29, 1.82) is 0 Å². The number of benzene rings is 4. The van der Waals surface area contributed by atoms with Gasteiger partial charge in [0.15, 0.2) is 0 Å². The maximum atomic E-state index is 15.1. The normalized spacial score (nSPS) is 12.3. The van der Waals surface area contributed by atoms with Crippen molar-refractivity contribution in [3.05, 3.63) is 149 Å². The molecule has 0 saturated heterocycles. The van der Waals surface area contributed by atoms with Crippen LogP contribution < -0.4 is 10.1 Å². The van der Waals surface area contributed by atoms with E-state index in [1.54, 1.807) is 72.8 Å². The molecule has 1 aliphatic rings. The first kappa shape index (κ1) is 27.5. The number of pyridine rings is 1. The minimum atomic E-state index is -0.486. The molecule has 0 fully saturated rings. The van der Waals surface area contributed by atoms with Crippen LogP contribution in [0, 0.1) is 11.6 Å². The van der Waals surface area contributed by atoms with E-state index in [-0.39, 0.29) is 24.5 Å². The Morgan fingerprint density at radius 3 is 2.12 bits per heavy atom. The number of nitrogens with one attached hydrogen (secondary N) is 1. The highest BCUT2D eigenvalue weighted by molar-refractivity contribution is 6.21. The van der Waals surface area contributed by atoms with Crippen molar-refractivity contribution in [1.82, 2.24) is 15.2 Å². The number of ether oxygens (including phenoxy) is 1. The van der Waals surface area contributed by atoms with E-state index < -0.39 is 29.4 Å². The summed E-state index contributed by atoms with van der Waals surface area (Å²) in [6.07, 6.45) is 1.49. The van der Waals surface area contributed by atoms with Gasteiger partial charge >= 0.3 is 0 Å². The Kier molecular flexibility index (Phi) is 7.44. The number of aromatic nitrogens is 1. The number of hydrogen-bond donors (Lipinski definition) is 1. The molecule has 4 aromatic carbocycles. The number of halogens is 2. The number of nitrogens with zero attached hydrogens (tertiary/aromatic N) is 2. The summed E-state index contributed by atoms with van der Waals surface area (Å²) in [5, 5.41) is 2.82. The molecule has 2 heterocycles. The van der Waals surface area contributed by atoms with Crippen LogP contribution in [0.4, 0.5) is 8.78 Å². The van der Waals surface area contributed by atoms with Crippen molar-refractivity contribution in [2.24, 2.45) is 0 Å². The maximum Gasteiger partial charge on any atom is 0.261 e. The Hall–Kier alpha value is -5.70. The molecule has 5 aromatic rings. The van der Waals surface area contributed by atoms with Gasteiger partial charge in [-0.1, -0.05) is 48.5 Å². The highest BCUT2D eigenvalue weighted by atomic mass is 19.1. The van der Waals surface area contributed by atoms with Gasteiger partial charge in [0, 0.05) is 18.3 Å². The lowest BCUT2D eigenvalue weighted by molar-refractivity contribution is 0.0641. The monoisotopic (exact) mass is 575 g/mol. The molecule has 3 amide bonds. The van der Waals surface area contributed by atoms with Gasteiger partial charge in [-0.05, 0) is 71.3 Å². The van der Waals surface area contributed by atoms with Gasteiger partial charge in [0.05, 0.1) is 17.7 Å². The van der Waals surface area contributed by atoms with Crippen molar-refractivity contribution in [3.63, 3.8) is 0 Å². The van der Waals surface area contributed by atoms with Gasteiger partial charge < -0.3 is 10.1 Å². The second-order valence-corrected chi connectivity index (χ2v) is 9.85. The van der Waals surface area contributed by atoms with Gasteiger partial charge in [-0.3, -0.25) is 19.3 Å². The molecule has 9 heteroatoms. The average Bonchev–Trinajstić information content (AvgIpc) is 3.26. The van der Waals surface area contributed by atoms with E-state index in [2.05, 4.69) is 10.3 Å². The summed E-state index contributed by atoms with van der Waals surface area (Å²) in [7, 11) is 0. The standard InChI is InChI=1S/C34H23F2N3O4/c35-24-12-14-25(15-13-24)43-32-29(6-3-17-37-32)31(40)38-19-21-7-10-23(11-8-21)26-16-9-22(18-30(26)36)20-39-33(41)27-4-1-2-5-28(27)34(39)42/h1-18H,19-20H2,(H,38,40). The number of imide groups is 1. The largest absolute Gasteiger partial charge is 0.438 e. The molecule has 1 aromatic heterocycles. The molecular formula is C34H23F2N3O4. The predicted molar refractivity (Wildman–Crippen MR) is 154 cm³/mol. The van der Waals surface area contributed by atoms with Crippen LogP contribution in [0.2, 0.25) is 0 Å². The van der Waals surface area contributed by atoms with Crippen LogP contribution >= 0.6 is 0 Å². The average molecular weight is 576 g/mol. The second-order valence-electron chi connectivity index (χ2n) is 9.85. The molecule has 0 atom stereocenters. The zero-order chi connectivity index (χ0) is 29.9. The Morgan fingerprint density at radius 1 is 0.767 bits per heavy atom. The fourth-order valence-electron chi connectivity index (χ4n) is 4.80. The fraction of sp³-hybridized carbons (Fsp3) is 0.0588. The Balaban J connectivity index is 1.09. The van der Waals surface area contributed by atoms with E-state index in [0.29, 0.717) is 33.6 Å². The van der Waals surface area contributed by atoms with E-state index in [4.69, 9.17) is 4.74 Å². The van der Waals surface area contributed by atoms with Crippen molar-refractivity contribution in [3.8, 4) is 22.8 Å². The number of hydrogen-bond acceptors (Lipinski definition) is 5. The van der Waals surface area contributed by atoms with Crippen molar-refractivity contribution in [2.45, 2.75) is 13.1 Å². The smallest absolute Gasteiger partial charge is 0.261 e. The van der Waals surface area contributed by atoms with Gasteiger partial charge in [0.25, 0.3) is 17.7 Å². The number of amides is 3. The Morgan fingerprint density at radius 2 is 1.44 bits per heavy atom. The molecule has 1 N–H and O–H groups in total. The van der Waals surface area contributed by atoms with Crippen molar-refractivity contribution in [2.75, 3.05) is 0 Å². The van der Waals surface area contributed by atoms with Crippen molar-refractivity contribution >= 4 is 17.7 Å². The molecule has 7 nitrogen and oxygen atoms in total. The first-order chi connectivity index (χ1) is 20.9. The topological polar surface area (TPSA) is 88.6 Å². The lowest BCUT2D eigenvalue weighted by atomic mass is 10.0. The molecule has 212 valence electrons. The summed E-state index contributed by atoms with van der Waals surface area (Å²) in [6, 6.07) is 26.9. The third-order valence-electron chi connectivity index (χ3n) is 7.01. The quantitative estimate of drug-likeness (QED) is 0.212. The summed E-state index contributed by atoms with van der Waals surface area (Å²) in [4.78, 5) is 43.5. The van der Waals surface area contributed by atoms with Gasteiger partial charge in [-0.25, -0.2) is 13.8 Å². The minimum Gasteiger partial charge on any atom is -0.438 e. The highest BCUT2D eigenvalue weighted by Gasteiger charge is 2.35. The number of rotatable bonds is 8. The molecule has 0 unspecified atom stereocenters. The molecule has 0 saturated carbocycles. The van der Waals surface area contributed by atoms with E-state index in [1.165, 1.54) is 36.5 Å². The summed E-state index contributed by atoms with van der Waals surface area (Å²) >= 11 is 0. The first-order valence-corrected chi connectivity index (χ1v) is 13.4. The van der Waals surface area contributed by atoms with Gasteiger partial charge in [0.1, 0.15) is 22.9 Å². The number of carbonyl (C=O) groups excluding carboxylic acids is 3. The third-order valence-corrected chi connectivity index (χ3v) is 7.01. The SMILES string of the molecule is O=C(NCc1ccc(-c2ccc(CN3C(=O)c4ccccc4C3=O)cc2F)cc1)c1cccnc1Oc1ccc(F)cc1. The van der Waals surface area contributed by atoms with Crippen molar-refractivity contribution < 1.29 is 27.9 Å². The van der Waals surface area contributed by atoms with Crippen LogP contribution in [0.5, 0.6) is 11.6 Å². The Bertz CT molecular complexity index is 1820. The zero-order valence-corrected chi connectivity index (χ0v) is 22.6. The maximum absolute atomic E-state index is 15.1. The van der Waals surface area contributed by atoms with Crippen LogP contribution in [0.15, 0.2) is 109 Å². The van der Waals surface area contributed by atoms with E-state index in [0.717, 1.165) is 10.5 Å². The van der Waals surface area contributed by atoms with Crippen LogP contribution in [0.25, 0.3) is 11.1 Å². The third kappa shape index (κ3) is 5.73. The van der Waals surface area contributed by atoms with Crippen LogP contribution in [-0.2, 0) is 13.1 Å². The van der Waals surface area contributed by atoms with Crippen LogP contribution in [0.3, 0.4) is 0 Å².